The highest BCUT2D eigenvalue weighted by Crippen LogP contribution is 2.34. The molecular formula is C24H25FO4S. The van der Waals surface area contributed by atoms with Crippen molar-refractivity contribution in [3.05, 3.63) is 82.0 Å². The van der Waals surface area contributed by atoms with E-state index >= 15 is 0 Å². The molecule has 1 aliphatic rings. The second-order valence-corrected chi connectivity index (χ2v) is 8.95. The molecule has 2 aromatic carbocycles. The number of thiophene rings is 1. The molecule has 1 aromatic heterocycles. The number of rotatable bonds is 5. The minimum atomic E-state index is -0.873. The fourth-order valence-electron chi connectivity index (χ4n) is 3.85. The van der Waals surface area contributed by atoms with E-state index in [9.17, 15) is 19.7 Å². The van der Waals surface area contributed by atoms with Crippen LogP contribution < -0.4 is 0 Å². The van der Waals surface area contributed by atoms with Crippen molar-refractivity contribution >= 4 is 11.3 Å². The number of halogens is 1. The van der Waals surface area contributed by atoms with Crippen molar-refractivity contribution in [2.24, 2.45) is 0 Å². The quantitative estimate of drug-likeness (QED) is 0.575. The van der Waals surface area contributed by atoms with Crippen LogP contribution in [0, 0.1) is 12.7 Å². The lowest BCUT2D eigenvalue weighted by atomic mass is 9.91. The molecule has 158 valence electrons. The molecule has 0 saturated carbocycles. The molecule has 6 heteroatoms. The van der Waals surface area contributed by atoms with Crippen molar-refractivity contribution in [3.63, 3.8) is 0 Å². The SMILES string of the molecule is Cc1ccc([C@@H]2O[C@H](CO)[C@@H](O)C[C@H]2O)cc1Cc1ccc(-c2ccc(F)cc2)s1. The third-order valence-corrected chi connectivity index (χ3v) is 6.75. The van der Waals surface area contributed by atoms with Gasteiger partial charge in [-0.1, -0.05) is 30.3 Å². The fourth-order valence-corrected chi connectivity index (χ4v) is 4.88. The van der Waals surface area contributed by atoms with E-state index < -0.39 is 24.4 Å². The van der Waals surface area contributed by atoms with Crippen molar-refractivity contribution in [3.8, 4) is 10.4 Å². The number of aliphatic hydroxyl groups excluding tert-OH is 3. The van der Waals surface area contributed by atoms with Gasteiger partial charge in [-0.3, -0.25) is 0 Å². The number of ether oxygens (including phenoxy) is 1. The van der Waals surface area contributed by atoms with Crippen LogP contribution in [-0.2, 0) is 11.2 Å². The molecule has 1 saturated heterocycles. The summed E-state index contributed by atoms with van der Waals surface area (Å²) in [6.45, 7) is 1.76. The summed E-state index contributed by atoms with van der Waals surface area (Å²) >= 11 is 1.67. The fraction of sp³-hybridized carbons (Fsp3) is 0.333. The van der Waals surface area contributed by atoms with Gasteiger partial charge in [-0.05, 0) is 53.4 Å². The molecule has 3 N–H and O–H groups in total. The highest BCUT2D eigenvalue weighted by molar-refractivity contribution is 7.15. The van der Waals surface area contributed by atoms with E-state index in [-0.39, 0.29) is 18.8 Å². The largest absolute Gasteiger partial charge is 0.394 e. The zero-order chi connectivity index (χ0) is 21.3. The Hall–Kier alpha value is -2.09. The zero-order valence-electron chi connectivity index (χ0n) is 16.7. The van der Waals surface area contributed by atoms with Gasteiger partial charge in [-0.15, -0.1) is 11.3 Å². The molecule has 0 aliphatic carbocycles. The predicted molar refractivity (Wildman–Crippen MR) is 115 cm³/mol. The van der Waals surface area contributed by atoms with Crippen LogP contribution in [0.2, 0.25) is 0 Å². The number of hydrogen-bond acceptors (Lipinski definition) is 5. The number of aryl methyl sites for hydroxylation is 1. The topological polar surface area (TPSA) is 69.9 Å². The first kappa shape index (κ1) is 21.2. The van der Waals surface area contributed by atoms with Crippen LogP contribution in [0.4, 0.5) is 4.39 Å². The molecule has 0 amide bonds. The first-order valence-electron chi connectivity index (χ1n) is 10.0. The first-order chi connectivity index (χ1) is 14.4. The molecule has 2 heterocycles. The summed E-state index contributed by atoms with van der Waals surface area (Å²) in [5.74, 6) is -0.244. The predicted octanol–water partition coefficient (Wildman–Crippen LogP) is 4.00. The van der Waals surface area contributed by atoms with Gasteiger partial charge in [0.1, 0.15) is 18.0 Å². The second-order valence-electron chi connectivity index (χ2n) is 7.78. The maximum atomic E-state index is 13.2. The molecule has 30 heavy (non-hydrogen) atoms. The lowest BCUT2D eigenvalue weighted by molar-refractivity contribution is -0.181. The van der Waals surface area contributed by atoms with Crippen molar-refractivity contribution in [2.75, 3.05) is 6.61 Å². The lowest BCUT2D eigenvalue weighted by Gasteiger charge is -2.37. The average Bonchev–Trinajstić information content (AvgIpc) is 3.19. The van der Waals surface area contributed by atoms with Gasteiger partial charge >= 0.3 is 0 Å². The summed E-state index contributed by atoms with van der Waals surface area (Å²) in [7, 11) is 0. The van der Waals surface area contributed by atoms with E-state index in [4.69, 9.17) is 4.74 Å². The van der Waals surface area contributed by atoms with E-state index in [2.05, 4.69) is 6.07 Å². The van der Waals surface area contributed by atoms with Gasteiger partial charge in [0.05, 0.1) is 18.8 Å². The number of benzene rings is 2. The van der Waals surface area contributed by atoms with Gasteiger partial charge in [-0.2, -0.15) is 0 Å². The highest BCUT2D eigenvalue weighted by Gasteiger charge is 2.36. The molecule has 0 spiro atoms. The van der Waals surface area contributed by atoms with Gasteiger partial charge < -0.3 is 20.1 Å². The van der Waals surface area contributed by atoms with Crippen LogP contribution in [0.25, 0.3) is 10.4 Å². The van der Waals surface area contributed by atoms with Crippen LogP contribution in [0.15, 0.2) is 54.6 Å². The van der Waals surface area contributed by atoms with Crippen LogP contribution in [-0.4, -0.2) is 40.2 Å². The maximum Gasteiger partial charge on any atom is 0.123 e. The highest BCUT2D eigenvalue weighted by atomic mass is 32.1. The summed E-state index contributed by atoms with van der Waals surface area (Å²) in [5, 5.41) is 29.8. The number of hydrogen-bond donors (Lipinski definition) is 3. The van der Waals surface area contributed by atoms with Crippen molar-refractivity contribution in [2.45, 2.75) is 44.2 Å². The van der Waals surface area contributed by atoms with Crippen molar-refractivity contribution in [1.82, 2.24) is 0 Å². The molecular weight excluding hydrogens is 403 g/mol. The average molecular weight is 429 g/mol. The summed E-state index contributed by atoms with van der Waals surface area (Å²) in [6.07, 6.45) is -2.07. The normalized spacial score (nSPS) is 24.2. The Morgan fingerprint density at radius 2 is 1.80 bits per heavy atom. The minimum absolute atomic E-state index is 0.172. The Kier molecular flexibility index (Phi) is 6.32. The van der Waals surface area contributed by atoms with Crippen LogP contribution in [0.3, 0.4) is 0 Å². The Morgan fingerprint density at radius 1 is 1.03 bits per heavy atom. The van der Waals surface area contributed by atoms with E-state index in [1.807, 2.05) is 31.2 Å². The number of aliphatic hydroxyl groups is 3. The Labute approximate surface area is 179 Å². The van der Waals surface area contributed by atoms with Gasteiger partial charge in [0, 0.05) is 22.6 Å². The molecule has 0 radical (unpaired) electrons. The Bertz CT molecular complexity index is 1000. The van der Waals surface area contributed by atoms with Crippen LogP contribution >= 0.6 is 11.3 Å². The molecule has 1 aliphatic heterocycles. The van der Waals surface area contributed by atoms with Crippen molar-refractivity contribution in [1.29, 1.82) is 0 Å². The molecule has 4 nitrogen and oxygen atoms in total. The molecule has 0 unspecified atom stereocenters. The van der Waals surface area contributed by atoms with Crippen molar-refractivity contribution < 1.29 is 24.4 Å². The summed E-state index contributed by atoms with van der Waals surface area (Å²) in [4.78, 5) is 2.27. The van der Waals surface area contributed by atoms with Gasteiger partial charge in [0.25, 0.3) is 0 Å². The summed E-state index contributed by atoms with van der Waals surface area (Å²) < 4.78 is 19.0. The smallest absolute Gasteiger partial charge is 0.123 e. The Morgan fingerprint density at radius 3 is 2.53 bits per heavy atom. The summed E-state index contributed by atoms with van der Waals surface area (Å²) in [5.41, 5.74) is 4.09. The third-order valence-electron chi connectivity index (χ3n) is 5.62. The van der Waals surface area contributed by atoms with E-state index in [1.165, 1.54) is 17.0 Å². The first-order valence-corrected chi connectivity index (χ1v) is 10.8. The Balaban J connectivity index is 1.55. The van der Waals surface area contributed by atoms with E-state index in [0.717, 1.165) is 33.6 Å². The second kappa shape index (κ2) is 8.96. The maximum absolute atomic E-state index is 13.2. The molecule has 0 bridgehead atoms. The van der Waals surface area contributed by atoms with Crippen LogP contribution in [0.1, 0.15) is 34.1 Å². The zero-order valence-corrected chi connectivity index (χ0v) is 17.5. The van der Waals surface area contributed by atoms with Gasteiger partial charge in [0.15, 0.2) is 0 Å². The van der Waals surface area contributed by atoms with Crippen LogP contribution in [0.5, 0.6) is 0 Å². The monoisotopic (exact) mass is 428 g/mol. The van der Waals surface area contributed by atoms with E-state index in [1.54, 1.807) is 23.5 Å². The summed E-state index contributed by atoms with van der Waals surface area (Å²) in [6, 6.07) is 16.6. The molecule has 4 rings (SSSR count). The molecule has 4 atom stereocenters. The van der Waals surface area contributed by atoms with Gasteiger partial charge in [0.2, 0.25) is 0 Å². The minimum Gasteiger partial charge on any atom is -0.394 e. The molecule has 3 aromatic rings. The molecule has 1 fully saturated rings. The lowest BCUT2D eigenvalue weighted by Crippen LogP contribution is -2.44. The van der Waals surface area contributed by atoms with Gasteiger partial charge in [-0.25, -0.2) is 4.39 Å². The standard InChI is InChI=1S/C24H25FO4S/c1-14-2-3-16(24-21(28)12-20(27)22(13-26)29-24)10-17(14)11-19-8-9-23(30-19)15-4-6-18(25)7-5-15/h2-10,20-22,24,26-28H,11-13H2,1H3/t20-,21+,22+,24-/m0/s1. The third kappa shape index (κ3) is 4.48. The van der Waals surface area contributed by atoms with E-state index in [0.29, 0.717) is 0 Å².